The van der Waals surface area contributed by atoms with Crippen LogP contribution in [0.4, 0.5) is 10.9 Å². The summed E-state index contributed by atoms with van der Waals surface area (Å²) < 4.78 is 16.6. The normalized spacial score (nSPS) is 21.1. The average Bonchev–Trinajstić information content (AvgIpc) is 4.21. The number of amides is 2. The monoisotopic (exact) mass is 1000 g/mol. The molecule has 9 rings (SSSR count). The largest absolute Gasteiger partial charge is 0.476 e. The van der Waals surface area contributed by atoms with E-state index in [9.17, 15) is 20.0 Å². The van der Waals surface area contributed by atoms with Gasteiger partial charge >= 0.3 is 0 Å². The number of ether oxygens (including phenoxy) is 1. The van der Waals surface area contributed by atoms with Crippen LogP contribution in [0.15, 0.2) is 58.7 Å². The number of rotatable bonds is 16. The van der Waals surface area contributed by atoms with Crippen LogP contribution in [0.25, 0.3) is 21.8 Å². The number of aliphatic hydroxyl groups is 1. The van der Waals surface area contributed by atoms with Gasteiger partial charge in [-0.15, -0.1) is 22.7 Å². The number of nitriles is 1. The summed E-state index contributed by atoms with van der Waals surface area (Å²) in [5.74, 6) is -0.0995. The van der Waals surface area contributed by atoms with Crippen molar-refractivity contribution < 1.29 is 24.0 Å². The standard InChI is InChI=1S/C51H61N11O5S3/c1-30(2)44(49(65)62-28-35(63)22-39(62)48(64)55-26-33-11-13-34(14-12-33)46-32(4)56-29-68-46)40-24-43(58-67-40)66-21-7-6-18-60-19-9-20-61(31(3)27-60)50-54-17-15-37(57-50)38-23-42(70-59-38)51(5)16-8-10-41-45(51)36(25-52)47(53)69-41/h11-15,17,23-24,29-31,35,39,44,63H,6-10,16,18-22,26-28,53H2,1-5H3,(H,55,64)/t31-,35+,39-,44?,51+/m0/s1. The molecule has 0 bridgehead atoms. The van der Waals surface area contributed by atoms with Crippen molar-refractivity contribution in [2.75, 3.05) is 50.0 Å². The van der Waals surface area contributed by atoms with Crippen molar-refractivity contribution in [1.29, 1.82) is 5.26 Å². The van der Waals surface area contributed by atoms with Gasteiger partial charge in [0.25, 0.3) is 5.88 Å². The number of thiazole rings is 1. The van der Waals surface area contributed by atoms with Gasteiger partial charge < -0.3 is 40.1 Å². The molecule has 0 saturated carbocycles. The van der Waals surface area contributed by atoms with Gasteiger partial charge in [0.05, 0.1) is 40.0 Å². The SMILES string of the molecule is Cc1ncsc1-c1ccc(CNC(=O)[C@@H]2C[C@@H](O)CN2C(=O)C(c2cc(OCCCCN3CCCN(c4nccc(-c5cc([C@@]6(C)CCCc7sc(N)c(C#N)c76)sn5)n4)[C@@H](C)C3)no2)C(C)C)cc1. The van der Waals surface area contributed by atoms with E-state index in [-0.39, 0.29) is 42.2 Å². The number of hydrogen-bond acceptors (Lipinski definition) is 17. The smallest absolute Gasteiger partial charge is 0.254 e. The second kappa shape index (κ2) is 21.3. The number of nitrogens with one attached hydrogen (secondary N) is 1. The van der Waals surface area contributed by atoms with Crippen molar-refractivity contribution in [1.82, 2.24) is 39.6 Å². The minimum Gasteiger partial charge on any atom is -0.476 e. The predicted molar refractivity (Wildman–Crippen MR) is 273 cm³/mol. The zero-order valence-corrected chi connectivity index (χ0v) is 42.8. The van der Waals surface area contributed by atoms with Crippen LogP contribution in [0.5, 0.6) is 5.88 Å². The number of nitrogens with zero attached hydrogens (tertiary/aromatic N) is 9. The summed E-state index contributed by atoms with van der Waals surface area (Å²) in [4.78, 5) is 51.5. The predicted octanol–water partition coefficient (Wildman–Crippen LogP) is 7.96. The summed E-state index contributed by atoms with van der Waals surface area (Å²) in [6.45, 7) is 14.7. The topological polar surface area (TPSA) is 213 Å². The van der Waals surface area contributed by atoms with Crippen molar-refractivity contribution in [2.45, 2.75) is 116 Å². The maximum absolute atomic E-state index is 14.2. The number of nitrogens with two attached hydrogens (primary N) is 1. The minimum absolute atomic E-state index is 0.0597. The molecule has 19 heteroatoms. The first kappa shape index (κ1) is 49.2. The number of nitrogen functional groups attached to an aromatic ring is 1. The van der Waals surface area contributed by atoms with E-state index in [2.05, 4.69) is 51.2 Å². The first-order valence-electron chi connectivity index (χ1n) is 24.3. The average molecular weight is 1000 g/mol. The van der Waals surface area contributed by atoms with Gasteiger partial charge in [0, 0.05) is 66.1 Å². The summed E-state index contributed by atoms with van der Waals surface area (Å²) >= 11 is 4.62. The maximum Gasteiger partial charge on any atom is 0.254 e. The second-order valence-corrected chi connectivity index (χ2v) is 22.2. The van der Waals surface area contributed by atoms with Crippen molar-refractivity contribution >= 4 is 57.0 Å². The van der Waals surface area contributed by atoms with Gasteiger partial charge in [0.2, 0.25) is 17.8 Å². The van der Waals surface area contributed by atoms with E-state index in [1.165, 1.54) is 21.3 Å². The van der Waals surface area contributed by atoms with Crippen molar-refractivity contribution in [3.8, 4) is 33.8 Å². The number of unbranched alkanes of at least 4 members (excludes halogenated alkanes) is 1. The lowest BCUT2D eigenvalue weighted by atomic mass is 9.71. The van der Waals surface area contributed by atoms with E-state index in [4.69, 9.17) is 29.3 Å². The minimum atomic E-state index is -0.816. The first-order chi connectivity index (χ1) is 33.8. The number of fused-ring (bicyclic) bond motifs is 1. The molecule has 6 aromatic rings. The molecule has 16 nitrogen and oxygen atoms in total. The van der Waals surface area contributed by atoms with Crippen LogP contribution in [-0.2, 0) is 28.0 Å². The summed E-state index contributed by atoms with van der Waals surface area (Å²) in [5, 5.41) is 28.4. The molecule has 5 aromatic heterocycles. The van der Waals surface area contributed by atoms with E-state index in [0.717, 1.165) is 108 Å². The van der Waals surface area contributed by atoms with E-state index in [1.54, 1.807) is 28.7 Å². The molecule has 2 amide bonds. The third-order valence-corrected chi connectivity index (χ3v) is 17.2. The van der Waals surface area contributed by atoms with E-state index in [0.29, 0.717) is 41.3 Å². The lowest BCUT2D eigenvalue weighted by Crippen LogP contribution is -2.48. The Balaban J connectivity index is 0.744. The lowest BCUT2D eigenvalue weighted by Gasteiger charge is -2.33. The van der Waals surface area contributed by atoms with Crippen LogP contribution in [-0.4, -0.2) is 109 Å². The van der Waals surface area contributed by atoms with Crippen LogP contribution >= 0.6 is 34.2 Å². The van der Waals surface area contributed by atoms with Gasteiger partial charge in [0.15, 0.2) is 5.76 Å². The molecule has 3 aliphatic rings. The van der Waals surface area contributed by atoms with Crippen LogP contribution in [0.1, 0.15) is 110 Å². The molecule has 7 heterocycles. The van der Waals surface area contributed by atoms with Gasteiger partial charge in [-0.2, -0.15) is 9.64 Å². The summed E-state index contributed by atoms with van der Waals surface area (Å²) in [7, 11) is 0. The van der Waals surface area contributed by atoms with Gasteiger partial charge in [-0.25, -0.2) is 15.0 Å². The number of aliphatic hydroxyl groups excluding tert-OH is 1. The van der Waals surface area contributed by atoms with Crippen LogP contribution in [0.3, 0.4) is 0 Å². The molecule has 70 heavy (non-hydrogen) atoms. The second-order valence-electron chi connectivity index (χ2n) is 19.4. The number of hydrogen-bond donors (Lipinski definition) is 3. The molecular weight excluding hydrogens is 943 g/mol. The van der Waals surface area contributed by atoms with Gasteiger partial charge in [-0.1, -0.05) is 45.0 Å². The number of aryl methyl sites for hydroxylation is 2. The fourth-order valence-electron chi connectivity index (χ4n) is 10.4. The molecule has 2 saturated heterocycles. The highest BCUT2D eigenvalue weighted by atomic mass is 32.1. The highest BCUT2D eigenvalue weighted by Crippen LogP contribution is 2.50. The zero-order valence-electron chi connectivity index (χ0n) is 40.4. The molecule has 1 aromatic carbocycles. The van der Waals surface area contributed by atoms with Gasteiger partial charge in [-0.05, 0) is 117 Å². The molecule has 0 radical (unpaired) electrons. The number of aromatic nitrogens is 5. The van der Waals surface area contributed by atoms with E-state index < -0.39 is 18.1 Å². The van der Waals surface area contributed by atoms with Crippen LogP contribution < -0.4 is 20.7 Å². The molecule has 1 unspecified atom stereocenters. The molecular formula is C51H61N11O5S3. The Hall–Kier alpha value is -5.78. The van der Waals surface area contributed by atoms with Gasteiger partial charge in [-0.3, -0.25) is 9.59 Å². The molecule has 1 aliphatic carbocycles. The number of β-amino-alcohol motifs (C(OH)–C–C–N with tert-alkyl or cyclic N) is 1. The Morgan fingerprint density at radius 1 is 1.10 bits per heavy atom. The Labute approximate surface area is 421 Å². The third-order valence-electron chi connectivity index (χ3n) is 14.1. The van der Waals surface area contributed by atoms with Crippen molar-refractivity contribution in [3.05, 3.63) is 92.1 Å². The Bertz CT molecular complexity index is 2830. The number of carbonyl (C=O) groups excluding carboxylic acids is 2. The highest BCUT2D eigenvalue weighted by Gasteiger charge is 2.44. The number of likely N-dealkylation sites (tertiary alicyclic amines) is 1. The Morgan fingerprint density at radius 2 is 1.93 bits per heavy atom. The third kappa shape index (κ3) is 10.3. The molecule has 0 spiro atoms. The summed E-state index contributed by atoms with van der Waals surface area (Å²) in [5.41, 5.74) is 14.1. The van der Waals surface area contributed by atoms with E-state index >= 15 is 0 Å². The first-order valence-corrected chi connectivity index (χ1v) is 26.7. The summed E-state index contributed by atoms with van der Waals surface area (Å²) in [6, 6.07) is 15.5. The molecule has 2 aliphatic heterocycles. The number of carbonyl (C=O) groups is 2. The highest BCUT2D eigenvalue weighted by molar-refractivity contribution is 7.16. The number of benzene rings is 1. The summed E-state index contributed by atoms with van der Waals surface area (Å²) in [6.07, 6.45) is 6.79. The molecule has 368 valence electrons. The fourth-order valence-corrected chi connectivity index (χ4v) is 13.3. The van der Waals surface area contributed by atoms with Crippen molar-refractivity contribution in [2.24, 2.45) is 5.92 Å². The Morgan fingerprint density at radius 3 is 2.70 bits per heavy atom. The quantitative estimate of drug-likeness (QED) is 0.0786. The molecule has 2 fully saturated rings. The molecule has 5 atom stereocenters. The van der Waals surface area contributed by atoms with Crippen molar-refractivity contribution in [3.63, 3.8) is 0 Å². The van der Waals surface area contributed by atoms with Crippen LogP contribution in [0.2, 0.25) is 0 Å². The fraction of sp³-hybridized carbons (Fsp3) is 0.490. The van der Waals surface area contributed by atoms with Gasteiger partial charge in [0.1, 0.15) is 28.7 Å². The molecule has 4 N–H and O–H groups in total. The zero-order chi connectivity index (χ0) is 49.1. The van der Waals surface area contributed by atoms with E-state index in [1.807, 2.05) is 62.8 Å². The Kier molecular flexibility index (Phi) is 15.0. The number of thiophene rings is 1. The maximum atomic E-state index is 14.2. The number of anilines is 2. The lowest BCUT2D eigenvalue weighted by molar-refractivity contribution is -0.141. The van der Waals surface area contributed by atoms with Crippen LogP contribution in [0, 0.1) is 24.2 Å².